The van der Waals surface area contributed by atoms with Gasteiger partial charge in [-0.25, -0.2) is 9.18 Å². The molecule has 2 nitrogen and oxygen atoms in total. The van der Waals surface area contributed by atoms with Gasteiger partial charge < -0.3 is 4.74 Å². The van der Waals surface area contributed by atoms with E-state index in [1.54, 1.807) is 6.92 Å². The lowest BCUT2D eigenvalue weighted by Gasteiger charge is -2.24. The minimum atomic E-state index is -1.46. The lowest BCUT2D eigenvalue weighted by atomic mass is 10.3. The van der Waals surface area contributed by atoms with E-state index < -0.39 is 20.2 Å². The Labute approximate surface area is 99.7 Å². The summed E-state index contributed by atoms with van der Waals surface area (Å²) in [5.41, 5.74) is 0. The van der Waals surface area contributed by atoms with Crippen molar-refractivity contribution in [1.29, 1.82) is 0 Å². The maximum atomic E-state index is 13.3. The van der Waals surface area contributed by atoms with Gasteiger partial charge in [0, 0.05) is 3.55 Å². The fourth-order valence-corrected chi connectivity index (χ4v) is 2.22. The Morgan fingerprint density at radius 2 is 2.00 bits per heavy atom. The fraction of sp³-hybridized carbons (Fsp3) is 0.889. The van der Waals surface area contributed by atoms with Gasteiger partial charge in [0.25, 0.3) is 0 Å². The first-order valence-electron chi connectivity index (χ1n) is 4.73. The summed E-state index contributed by atoms with van der Waals surface area (Å²) in [4.78, 5) is 11.0. The van der Waals surface area contributed by atoms with Gasteiger partial charge in [-0.15, -0.1) is 0 Å². The second kappa shape index (κ2) is 6.04. The summed E-state index contributed by atoms with van der Waals surface area (Å²) < 4.78 is 18.2. The Kier molecular flexibility index (Phi) is 6.19. The van der Waals surface area contributed by atoms with Crippen molar-refractivity contribution in [2.45, 2.75) is 42.7 Å². The van der Waals surface area contributed by atoms with Crippen molar-refractivity contribution in [1.82, 2.24) is 0 Å². The molecule has 0 aliphatic rings. The van der Waals surface area contributed by atoms with Crippen LogP contribution in [-0.2, 0) is 9.53 Å². The molecule has 0 fully saturated rings. The van der Waals surface area contributed by atoms with Gasteiger partial charge in [-0.1, -0.05) is 42.2 Å². The second-order valence-electron chi connectivity index (χ2n) is 4.29. The Balaban J connectivity index is 4.06. The Bertz CT molecular complexity index is 194. The molecule has 0 bridgehead atoms. The van der Waals surface area contributed by atoms with Gasteiger partial charge in [-0.2, -0.15) is 0 Å². The minimum Gasteiger partial charge on any atom is -0.464 e. The van der Waals surface area contributed by atoms with Crippen molar-refractivity contribution in [3.8, 4) is 0 Å². The van der Waals surface area contributed by atoms with Crippen LogP contribution in [0.4, 0.5) is 4.39 Å². The fourth-order valence-electron chi connectivity index (χ4n) is 0.864. The van der Waals surface area contributed by atoms with Gasteiger partial charge in [-0.05, 0) is 13.3 Å². The molecule has 0 radical (unpaired) electrons. The molecule has 0 aliphatic carbocycles. The van der Waals surface area contributed by atoms with Crippen LogP contribution >= 0.6 is 22.6 Å². The third-order valence-electron chi connectivity index (χ3n) is 1.90. The monoisotopic (exact) mass is 332 g/mol. The summed E-state index contributed by atoms with van der Waals surface area (Å²) in [7, 11) is -1.35. The largest absolute Gasteiger partial charge is 0.464 e. The average Bonchev–Trinajstić information content (AvgIpc) is 2.02. The van der Waals surface area contributed by atoms with Crippen LogP contribution in [0.5, 0.6) is 0 Å². The zero-order valence-electron chi connectivity index (χ0n) is 9.14. The predicted molar refractivity (Wildman–Crippen MR) is 67.3 cm³/mol. The first-order valence-corrected chi connectivity index (χ1v) is 9.56. The van der Waals surface area contributed by atoms with Crippen LogP contribution in [0.25, 0.3) is 0 Å². The van der Waals surface area contributed by atoms with E-state index in [1.165, 1.54) is 0 Å². The van der Waals surface area contributed by atoms with Gasteiger partial charge in [0.1, 0.15) is 0 Å². The molecule has 0 aromatic rings. The molecule has 2 atom stereocenters. The smallest absolute Gasteiger partial charge is 0.340 e. The molecule has 0 rings (SSSR count). The molecule has 0 aromatic carbocycles. The van der Waals surface area contributed by atoms with Crippen LogP contribution in [0, 0.1) is 0 Å². The molecule has 0 spiro atoms. The summed E-state index contributed by atoms with van der Waals surface area (Å²) >= 11 is 2.24. The number of hydrogen-bond donors (Lipinski definition) is 0. The van der Waals surface area contributed by atoms with Crippen LogP contribution in [0.1, 0.15) is 13.3 Å². The van der Waals surface area contributed by atoms with Crippen molar-refractivity contribution in [3.05, 3.63) is 0 Å². The van der Waals surface area contributed by atoms with Crippen LogP contribution in [0.2, 0.25) is 19.6 Å². The van der Waals surface area contributed by atoms with E-state index in [9.17, 15) is 9.18 Å². The van der Waals surface area contributed by atoms with E-state index in [0.29, 0.717) is 0 Å². The predicted octanol–water partition coefficient (Wildman–Crippen LogP) is 2.96. The maximum absolute atomic E-state index is 13.3. The summed E-state index contributed by atoms with van der Waals surface area (Å²) in [5.74, 6) is -0.715. The third kappa shape index (κ3) is 5.28. The van der Waals surface area contributed by atoms with Crippen molar-refractivity contribution >= 4 is 36.6 Å². The summed E-state index contributed by atoms with van der Waals surface area (Å²) in [5, 5.41) is 0. The summed E-state index contributed by atoms with van der Waals surface area (Å²) in [6.07, 6.45) is -1.17. The van der Waals surface area contributed by atoms with E-state index in [-0.39, 0.29) is 16.6 Å². The highest BCUT2D eigenvalue weighted by Crippen LogP contribution is 2.23. The Morgan fingerprint density at radius 1 is 1.50 bits per heavy atom. The van der Waals surface area contributed by atoms with Crippen LogP contribution in [-0.4, -0.2) is 30.4 Å². The number of carbonyl (C=O) groups is 1. The lowest BCUT2D eigenvalue weighted by Crippen LogP contribution is -2.37. The van der Waals surface area contributed by atoms with Gasteiger partial charge >= 0.3 is 5.97 Å². The van der Waals surface area contributed by atoms with E-state index >= 15 is 0 Å². The number of rotatable bonds is 5. The lowest BCUT2D eigenvalue weighted by molar-refractivity contribution is -0.149. The number of halogens is 2. The van der Waals surface area contributed by atoms with Gasteiger partial charge in [-0.3, -0.25) is 0 Å². The molecule has 0 saturated heterocycles. The summed E-state index contributed by atoms with van der Waals surface area (Å²) in [6.45, 7) is 8.44. The highest BCUT2D eigenvalue weighted by Gasteiger charge is 2.30. The van der Waals surface area contributed by atoms with Gasteiger partial charge in [0.15, 0.2) is 6.17 Å². The molecular formula is C9H18FIO2Si. The van der Waals surface area contributed by atoms with E-state index in [4.69, 9.17) is 0 Å². The van der Waals surface area contributed by atoms with Gasteiger partial charge in [0.05, 0.1) is 14.7 Å². The molecule has 0 saturated carbocycles. The SMILES string of the molecule is CCOC(=O)C(F)CC(I)[Si](C)(C)C. The maximum Gasteiger partial charge on any atom is 0.340 e. The molecule has 0 amide bonds. The standard InChI is InChI=1S/C9H18FIO2Si/c1-5-13-9(12)7(10)6-8(11)14(2,3)4/h7-8H,5-6H2,1-4H3. The highest BCUT2D eigenvalue weighted by molar-refractivity contribution is 14.1. The number of ether oxygens (including phenoxy) is 1. The Hall–Kier alpha value is 0.347. The zero-order valence-corrected chi connectivity index (χ0v) is 12.3. The first-order chi connectivity index (χ1) is 6.29. The second-order valence-corrected chi connectivity index (χ2v) is 12.4. The minimum absolute atomic E-state index is 0.248. The Morgan fingerprint density at radius 3 is 2.36 bits per heavy atom. The molecule has 0 N–H and O–H groups in total. The molecule has 0 aliphatic heterocycles. The molecule has 14 heavy (non-hydrogen) atoms. The quantitative estimate of drug-likeness (QED) is 0.335. The van der Waals surface area contributed by atoms with Crippen LogP contribution in [0.3, 0.4) is 0 Å². The first kappa shape index (κ1) is 14.3. The number of carbonyl (C=O) groups excluding carboxylic acids is 1. The van der Waals surface area contributed by atoms with E-state index in [0.717, 1.165) is 0 Å². The van der Waals surface area contributed by atoms with Gasteiger partial charge in [0.2, 0.25) is 0 Å². The number of esters is 1. The summed E-state index contributed by atoms with van der Waals surface area (Å²) in [6, 6.07) is 0. The van der Waals surface area contributed by atoms with Crippen LogP contribution < -0.4 is 0 Å². The molecule has 84 valence electrons. The van der Waals surface area contributed by atoms with Crippen molar-refractivity contribution in [3.63, 3.8) is 0 Å². The molecule has 0 heterocycles. The van der Waals surface area contributed by atoms with E-state index in [1.807, 2.05) is 0 Å². The molecule has 2 unspecified atom stereocenters. The normalized spacial score (nSPS) is 16.1. The topological polar surface area (TPSA) is 26.3 Å². The van der Waals surface area contributed by atoms with Crippen molar-refractivity contribution < 1.29 is 13.9 Å². The number of hydrogen-bond acceptors (Lipinski definition) is 2. The molecule has 5 heteroatoms. The molecule has 0 aromatic heterocycles. The van der Waals surface area contributed by atoms with Crippen molar-refractivity contribution in [2.75, 3.05) is 6.61 Å². The highest BCUT2D eigenvalue weighted by atomic mass is 127. The number of alkyl halides is 2. The molecular weight excluding hydrogens is 314 g/mol. The van der Waals surface area contributed by atoms with Crippen molar-refractivity contribution in [2.24, 2.45) is 0 Å². The zero-order chi connectivity index (χ0) is 11.4. The average molecular weight is 332 g/mol. The van der Waals surface area contributed by atoms with Crippen LogP contribution in [0.15, 0.2) is 0 Å². The third-order valence-corrected chi connectivity index (χ3v) is 10.1. The van der Waals surface area contributed by atoms with E-state index in [2.05, 4.69) is 47.0 Å².